The van der Waals surface area contributed by atoms with Crippen LogP contribution in [0.25, 0.3) is 11.0 Å². The highest BCUT2D eigenvalue weighted by molar-refractivity contribution is 6.20. The number of alkyl halides is 1. The van der Waals surface area contributed by atoms with Crippen LogP contribution in [-0.2, 0) is 13.0 Å². The van der Waals surface area contributed by atoms with Gasteiger partial charge in [-0.15, -0.1) is 11.6 Å². The Kier molecular flexibility index (Phi) is 3.68. The monoisotopic (exact) mass is 299 g/mol. The molecule has 0 bridgehead atoms. The van der Waals surface area contributed by atoms with Crippen molar-refractivity contribution in [3.63, 3.8) is 0 Å². The lowest BCUT2D eigenvalue weighted by atomic mass is 10.2. The summed E-state index contributed by atoms with van der Waals surface area (Å²) in [5, 5.41) is 8.87. The fourth-order valence-corrected chi connectivity index (χ4v) is 2.59. The highest BCUT2D eigenvalue weighted by Crippen LogP contribution is 2.25. The smallest absolute Gasteiger partial charge is 0.127 e. The van der Waals surface area contributed by atoms with Crippen molar-refractivity contribution < 1.29 is 4.42 Å². The van der Waals surface area contributed by atoms with Gasteiger partial charge >= 0.3 is 0 Å². The first kappa shape index (κ1) is 13.7. The highest BCUT2D eigenvalue weighted by atomic mass is 35.5. The molecule has 0 fully saturated rings. The second-order valence-corrected chi connectivity index (χ2v) is 5.54. The molecule has 3 rings (SSSR count). The van der Waals surface area contributed by atoms with E-state index in [1.807, 2.05) is 31.2 Å². The number of imidazole rings is 1. The van der Waals surface area contributed by atoms with Crippen molar-refractivity contribution in [2.75, 3.05) is 0 Å². The Bertz CT molecular complexity index is 797. The Balaban J connectivity index is 2.04. The maximum Gasteiger partial charge on any atom is 0.127 e. The minimum Gasteiger partial charge on any atom is -0.469 e. The molecule has 1 atom stereocenters. The minimum atomic E-state index is -0.195. The summed E-state index contributed by atoms with van der Waals surface area (Å²) in [5.41, 5.74) is 2.41. The topological polar surface area (TPSA) is 54.8 Å². The van der Waals surface area contributed by atoms with E-state index in [0.717, 1.165) is 29.0 Å². The number of nitriles is 1. The summed E-state index contributed by atoms with van der Waals surface area (Å²) < 4.78 is 7.44. The van der Waals surface area contributed by atoms with E-state index in [1.165, 1.54) is 0 Å². The van der Waals surface area contributed by atoms with Gasteiger partial charge in [-0.2, -0.15) is 5.26 Å². The number of halogens is 1. The molecule has 2 heterocycles. The van der Waals surface area contributed by atoms with Gasteiger partial charge in [0.25, 0.3) is 0 Å². The zero-order chi connectivity index (χ0) is 14.8. The van der Waals surface area contributed by atoms with Gasteiger partial charge in [0.15, 0.2) is 0 Å². The third-order valence-electron chi connectivity index (χ3n) is 3.42. The molecule has 0 spiro atoms. The molecule has 0 aliphatic rings. The summed E-state index contributed by atoms with van der Waals surface area (Å²) in [5.74, 6) is 1.73. The second kappa shape index (κ2) is 5.63. The number of benzene rings is 1. The van der Waals surface area contributed by atoms with Crippen molar-refractivity contribution in [3.8, 4) is 6.07 Å². The van der Waals surface area contributed by atoms with E-state index in [4.69, 9.17) is 21.3 Å². The molecular weight excluding hydrogens is 286 g/mol. The first-order valence-electron chi connectivity index (χ1n) is 6.76. The fraction of sp³-hybridized carbons (Fsp3) is 0.250. The normalized spacial score (nSPS) is 12.4. The molecule has 0 saturated carbocycles. The van der Waals surface area contributed by atoms with Crippen molar-refractivity contribution in [1.82, 2.24) is 9.55 Å². The lowest BCUT2D eigenvalue weighted by Gasteiger charge is -2.09. The number of aromatic nitrogens is 2. The number of rotatable bonds is 4. The van der Waals surface area contributed by atoms with Crippen LogP contribution in [0.15, 0.2) is 41.0 Å². The van der Waals surface area contributed by atoms with Crippen LogP contribution in [0, 0.1) is 11.3 Å². The van der Waals surface area contributed by atoms with Crippen LogP contribution in [0.5, 0.6) is 0 Å². The molecule has 21 heavy (non-hydrogen) atoms. The average Bonchev–Trinajstić information content (AvgIpc) is 3.11. The standard InChI is InChI=1S/C16H14ClN3O/c1-11(17)16-19-14-5-4-12(10-18)9-15(14)20(16)7-6-13-3-2-8-21-13/h2-5,8-9,11H,6-7H2,1H3. The molecule has 0 amide bonds. The van der Waals surface area contributed by atoms with E-state index in [0.29, 0.717) is 12.1 Å². The molecule has 4 nitrogen and oxygen atoms in total. The van der Waals surface area contributed by atoms with Crippen LogP contribution in [0.4, 0.5) is 0 Å². The molecule has 0 saturated heterocycles. The van der Waals surface area contributed by atoms with Gasteiger partial charge < -0.3 is 8.98 Å². The van der Waals surface area contributed by atoms with E-state index in [2.05, 4.69) is 15.6 Å². The second-order valence-electron chi connectivity index (χ2n) is 4.88. The van der Waals surface area contributed by atoms with Crippen molar-refractivity contribution in [2.45, 2.75) is 25.3 Å². The van der Waals surface area contributed by atoms with Gasteiger partial charge in [-0.05, 0) is 37.3 Å². The highest BCUT2D eigenvalue weighted by Gasteiger charge is 2.15. The van der Waals surface area contributed by atoms with Gasteiger partial charge in [0, 0.05) is 13.0 Å². The Labute approximate surface area is 127 Å². The predicted octanol–water partition coefficient (Wildman–Crippen LogP) is 4.04. The van der Waals surface area contributed by atoms with Crippen LogP contribution in [-0.4, -0.2) is 9.55 Å². The van der Waals surface area contributed by atoms with E-state index >= 15 is 0 Å². The Hall–Kier alpha value is -2.25. The number of hydrogen-bond acceptors (Lipinski definition) is 3. The van der Waals surface area contributed by atoms with Crippen LogP contribution < -0.4 is 0 Å². The Morgan fingerprint density at radius 2 is 2.29 bits per heavy atom. The number of furan rings is 1. The SMILES string of the molecule is CC(Cl)c1nc2ccc(C#N)cc2n1CCc1ccco1. The zero-order valence-electron chi connectivity index (χ0n) is 11.6. The summed E-state index contributed by atoms with van der Waals surface area (Å²) in [4.78, 5) is 4.58. The number of fused-ring (bicyclic) bond motifs is 1. The molecule has 0 N–H and O–H groups in total. The molecule has 0 aliphatic heterocycles. The lowest BCUT2D eigenvalue weighted by Crippen LogP contribution is -2.06. The first-order valence-corrected chi connectivity index (χ1v) is 7.19. The van der Waals surface area contributed by atoms with Gasteiger partial charge in [-0.1, -0.05) is 0 Å². The number of hydrogen-bond donors (Lipinski definition) is 0. The number of nitrogens with zero attached hydrogens (tertiary/aromatic N) is 3. The van der Waals surface area contributed by atoms with Crippen LogP contribution in [0.1, 0.15) is 29.4 Å². The molecule has 1 unspecified atom stereocenters. The largest absolute Gasteiger partial charge is 0.469 e. The van der Waals surface area contributed by atoms with Crippen molar-refractivity contribution in [1.29, 1.82) is 5.26 Å². The van der Waals surface area contributed by atoms with E-state index in [-0.39, 0.29) is 5.38 Å². The zero-order valence-corrected chi connectivity index (χ0v) is 12.3. The van der Waals surface area contributed by atoms with Gasteiger partial charge in [0.2, 0.25) is 0 Å². The maximum atomic E-state index is 9.06. The molecule has 2 aromatic heterocycles. The quantitative estimate of drug-likeness (QED) is 0.683. The van der Waals surface area contributed by atoms with Crippen LogP contribution >= 0.6 is 11.6 Å². The third-order valence-corrected chi connectivity index (χ3v) is 3.62. The number of aryl methyl sites for hydroxylation is 2. The van der Waals surface area contributed by atoms with Gasteiger partial charge in [0.05, 0.1) is 34.3 Å². The molecule has 106 valence electrons. The summed E-state index contributed by atoms with van der Waals surface area (Å²) >= 11 is 6.24. The summed E-state index contributed by atoms with van der Waals surface area (Å²) in [6.07, 6.45) is 2.42. The molecular formula is C16H14ClN3O. The van der Waals surface area contributed by atoms with Crippen LogP contribution in [0.2, 0.25) is 0 Å². The van der Waals surface area contributed by atoms with Crippen molar-refractivity contribution in [2.24, 2.45) is 0 Å². The molecule has 3 aromatic rings. The summed E-state index contributed by atoms with van der Waals surface area (Å²) in [6, 6.07) is 11.5. The maximum absolute atomic E-state index is 9.06. The summed E-state index contributed by atoms with van der Waals surface area (Å²) in [6.45, 7) is 2.61. The molecule has 0 aliphatic carbocycles. The van der Waals surface area contributed by atoms with Gasteiger partial charge in [0.1, 0.15) is 11.6 Å². The fourth-order valence-electron chi connectivity index (χ4n) is 2.43. The molecule has 5 heteroatoms. The third kappa shape index (κ3) is 2.65. The van der Waals surface area contributed by atoms with Crippen molar-refractivity contribution >= 4 is 22.6 Å². The first-order chi connectivity index (χ1) is 10.2. The molecule has 1 aromatic carbocycles. The Morgan fingerprint density at radius 1 is 1.43 bits per heavy atom. The van der Waals surface area contributed by atoms with E-state index < -0.39 is 0 Å². The predicted molar refractivity (Wildman–Crippen MR) is 81.1 cm³/mol. The van der Waals surface area contributed by atoms with Crippen LogP contribution in [0.3, 0.4) is 0 Å². The van der Waals surface area contributed by atoms with E-state index in [9.17, 15) is 0 Å². The molecule has 0 radical (unpaired) electrons. The minimum absolute atomic E-state index is 0.195. The lowest BCUT2D eigenvalue weighted by molar-refractivity contribution is 0.490. The summed E-state index contributed by atoms with van der Waals surface area (Å²) in [7, 11) is 0. The van der Waals surface area contributed by atoms with E-state index in [1.54, 1.807) is 12.3 Å². The average molecular weight is 300 g/mol. The van der Waals surface area contributed by atoms with Gasteiger partial charge in [-0.3, -0.25) is 0 Å². The van der Waals surface area contributed by atoms with Gasteiger partial charge in [-0.25, -0.2) is 4.98 Å². The van der Waals surface area contributed by atoms with Crippen molar-refractivity contribution in [3.05, 3.63) is 53.7 Å². The Morgan fingerprint density at radius 3 is 2.95 bits per heavy atom.